The zero-order chi connectivity index (χ0) is 17.9. The molecule has 130 valence electrons. The Morgan fingerprint density at radius 2 is 1.88 bits per heavy atom. The van der Waals surface area contributed by atoms with Crippen LogP contribution in [0.15, 0.2) is 44.6 Å². The molecule has 0 bridgehead atoms. The summed E-state index contributed by atoms with van der Waals surface area (Å²) >= 11 is 0. The Morgan fingerprint density at radius 1 is 1.16 bits per heavy atom. The molecule has 0 radical (unpaired) electrons. The summed E-state index contributed by atoms with van der Waals surface area (Å²) < 4.78 is 31.8. The molecule has 25 heavy (non-hydrogen) atoms. The summed E-state index contributed by atoms with van der Waals surface area (Å²) in [6.07, 6.45) is 5.13. The van der Waals surface area contributed by atoms with Crippen LogP contribution in [0.5, 0.6) is 0 Å². The lowest BCUT2D eigenvalue weighted by atomic mass is 10.0. The summed E-state index contributed by atoms with van der Waals surface area (Å²) in [5.41, 5.74) is 2.67. The quantitative estimate of drug-likeness (QED) is 0.720. The van der Waals surface area contributed by atoms with Crippen molar-refractivity contribution in [1.82, 2.24) is 4.57 Å². The fourth-order valence-corrected chi connectivity index (χ4v) is 3.84. The molecule has 2 aromatic heterocycles. The molecule has 2 heterocycles. The molecular formula is C19H19NO4S. The van der Waals surface area contributed by atoms with Gasteiger partial charge in [0.1, 0.15) is 11.3 Å². The SMILES string of the molecule is Cc1cc(-c2cc(S(C)(=O)=O)cc3cc(C4CC4)oc23)cn(C)c1=O. The van der Waals surface area contributed by atoms with Gasteiger partial charge in [-0.05, 0) is 44.0 Å². The van der Waals surface area contributed by atoms with Crippen LogP contribution >= 0.6 is 0 Å². The Labute approximate surface area is 145 Å². The summed E-state index contributed by atoms with van der Waals surface area (Å²) in [6, 6.07) is 7.03. The molecule has 0 amide bonds. The first-order chi connectivity index (χ1) is 11.7. The van der Waals surface area contributed by atoms with Gasteiger partial charge in [0.05, 0.1) is 4.90 Å². The van der Waals surface area contributed by atoms with Crippen molar-refractivity contribution < 1.29 is 12.8 Å². The Hall–Kier alpha value is -2.34. The lowest BCUT2D eigenvalue weighted by molar-refractivity contribution is 0.553. The molecule has 5 nitrogen and oxygen atoms in total. The maximum absolute atomic E-state index is 12.1. The van der Waals surface area contributed by atoms with E-state index in [0.717, 1.165) is 29.6 Å². The minimum atomic E-state index is -3.36. The first-order valence-electron chi connectivity index (χ1n) is 8.19. The summed E-state index contributed by atoms with van der Waals surface area (Å²) in [6.45, 7) is 1.75. The Kier molecular flexibility index (Phi) is 3.44. The number of fused-ring (bicyclic) bond motifs is 1. The number of benzene rings is 1. The average Bonchev–Trinajstić information content (AvgIpc) is 3.29. The standard InChI is InChI=1S/C19H19NO4S/c1-11-6-14(10-20(2)19(11)21)16-9-15(25(3,22)23)7-13-8-17(12-4-5-12)24-18(13)16/h6-10,12H,4-5H2,1-3H3. The molecule has 0 atom stereocenters. The number of hydrogen-bond donors (Lipinski definition) is 0. The molecule has 3 aromatic rings. The molecule has 1 saturated carbocycles. The van der Waals surface area contributed by atoms with Crippen LogP contribution < -0.4 is 5.56 Å². The zero-order valence-corrected chi connectivity index (χ0v) is 15.2. The van der Waals surface area contributed by atoms with E-state index in [4.69, 9.17) is 4.42 Å². The topological polar surface area (TPSA) is 69.3 Å². The largest absolute Gasteiger partial charge is 0.460 e. The van der Waals surface area contributed by atoms with Crippen LogP contribution in [0, 0.1) is 6.92 Å². The summed E-state index contributed by atoms with van der Waals surface area (Å²) in [5.74, 6) is 1.34. The second kappa shape index (κ2) is 5.33. The van der Waals surface area contributed by atoms with Crippen molar-refractivity contribution in [1.29, 1.82) is 0 Å². The van der Waals surface area contributed by atoms with Crippen LogP contribution in [0.25, 0.3) is 22.1 Å². The van der Waals surface area contributed by atoms with Gasteiger partial charge in [-0.1, -0.05) is 0 Å². The Morgan fingerprint density at radius 3 is 2.48 bits per heavy atom. The molecule has 0 N–H and O–H groups in total. The van der Waals surface area contributed by atoms with E-state index >= 15 is 0 Å². The molecule has 1 aliphatic rings. The summed E-state index contributed by atoms with van der Waals surface area (Å²) in [7, 11) is -1.67. The van der Waals surface area contributed by atoms with E-state index in [1.165, 1.54) is 10.8 Å². The summed E-state index contributed by atoms with van der Waals surface area (Å²) in [5, 5.41) is 0.784. The van der Waals surface area contributed by atoms with Gasteiger partial charge in [-0.3, -0.25) is 4.79 Å². The number of pyridine rings is 1. The highest BCUT2D eigenvalue weighted by Crippen LogP contribution is 2.44. The first kappa shape index (κ1) is 16.1. The van der Waals surface area contributed by atoms with Gasteiger partial charge in [0.25, 0.3) is 5.56 Å². The first-order valence-corrected chi connectivity index (χ1v) is 10.1. The number of nitrogens with zero attached hydrogens (tertiary/aromatic N) is 1. The molecule has 0 unspecified atom stereocenters. The fraction of sp³-hybridized carbons (Fsp3) is 0.316. The van der Waals surface area contributed by atoms with E-state index < -0.39 is 9.84 Å². The monoisotopic (exact) mass is 357 g/mol. The zero-order valence-electron chi connectivity index (χ0n) is 14.4. The van der Waals surface area contributed by atoms with Crippen molar-refractivity contribution in [2.75, 3.05) is 6.26 Å². The lowest BCUT2D eigenvalue weighted by Crippen LogP contribution is -2.18. The van der Waals surface area contributed by atoms with Gasteiger partial charge >= 0.3 is 0 Å². The number of sulfone groups is 1. The molecule has 1 aromatic carbocycles. The van der Waals surface area contributed by atoms with Crippen LogP contribution in [-0.2, 0) is 16.9 Å². The Bertz CT molecular complexity index is 1140. The number of aryl methyl sites for hydroxylation is 2. The van der Waals surface area contributed by atoms with E-state index in [2.05, 4.69) is 0 Å². The van der Waals surface area contributed by atoms with Gasteiger partial charge in [-0.25, -0.2) is 8.42 Å². The van der Waals surface area contributed by atoms with Crippen molar-refractivity contribution in [3.05, 3.63) is 52.1 Å². The maximum Gasteiger partial charge on any atom is 0.253 e. The molecule has 0 spiro atoms. The van der Waals surface area contributed by atoms with Crippen LogP contribution in [0.2, 0.25) is 0 Å². The van der Waals surface area contributed by atoms with Crippen molar-refractivity contribution in [2.24, 2.45) is 7.05 Å². The predicted molar refractivity (Wildman–Crippen MR) is 96.7 cm³/mol. The third-order valence-electron chi connectivity index (χ3n) is 4.69. The molecule has 0 saturated heterocycles. The van der Waals surface area contributed by atoms with Gasteiger partial charge in [-0.2, -0.15) is 0 Å². The molecular weight excluding hydrogens is 338 g/mol. The van der Waals surface area contributed by atoms with Crippen molar-refractivity contribution in [2.45, 2.75) is 30.6 Å². The minimum Gasteiger partial charge on any atom is -0.460 e. The molecule has 4 rings (SSSR count). The molecule has 0 aliphatic heterocycles. The molecule has 1 aliphatic carbocycles. The fourth-order valence-electron chi connectivity index (χ4n) is 3.17. The third-order valence-corrected chi connectivity index (χ3v) is 5.78. The van der Waals surface area contributed by atoms with E-state index in [0.29, 0.717) is 22.6 Å². The van der Waals surface area contributed by atoms with Crippen LogP contribution in [0.4, 0.5) is 0 Å². The van der Waals surface area contributed by atoms with Crippen molar-refractivity contribution in [3.63, 3.8) is 0 Å². The second-order valence-corrected chi connectivity index (χ2v) is 8.93. The highest BCUT2D eigenvalue weighted by molar-refractivity contribution is 7.90. The van der Waals surface area contributed by atoms with Crippen LogP contribution in [0.1, 0.15) is 30.1 Å². The second-order valence-electron chi connectivity index (χ2n) is 6.91. The maximum atomic E-state index is 12.1. The van der Waals surface area contributed by atoms with Crippen LogP contribution in [-0.4, -0.2) is 19.2 Å². The van der Waals surface area contributed by atoms with E-state index in [-0.39, 0.29) is 10.5 Å². The van der Waals surface area contributed by atoms with Crippen molar-refractivity contribution >= 4 is 20.8 Å². The van der Waals surface area contributed by atoms with Gasteiger partial charge in [0, 0.05) is 47.5 Å². The van der Waals surface area contributed by atoms with Crippen LogP contribution in [0.3, 0.4) is 0 Å². The minimum absolute atomic E-state index is 0.0719. The lowest BCUT2D eigenvalue weighted by Gasteiger charge is -2.09. The van der Waals surface area contributed by atoms with E-state index in [1.807, 2.05) is 6.07 Å². The van der Waals surface area contributed by atoms with Gasteiger partial charge in [0.2, 0.25) is 0 Å². The van der Waals surface area contributed by atoms with Crippen molar-refractivity contribution in [3.8, 4) is 11.1 Å². The summed E-state index contributed by atoms with van der Waals surface area (Å²) in [4.78, 5) is 12.2. The average molecular weight is 357 g/mol. The van der Waals surface area contributed by atoms with Gasteiger partial charge < -0.3 is 8.98 Å². The number of furan rings is 1. The number of aromatic nitrogens is 1. The Balaban J connectivity index is 2.05. The van der Waals surface area contributed by atoms with Gasteiger partial charge in [0.15, 0.2) is 9.84 Å². The highest BCUT2D eigenvalue weighted by Gasteiger charge is 2.28. The molecule has 6 heteroatoms. The normalized spacial score (nSPS) is 15.0. The van der Waals surface area contributed by atoms with E-state index in [1.54, 1.807) is 38.4 Å². The smallest absolute Gasteiger partial charge is 0.253 e. The van der Waals surface area contributed by atoms with Gasteiger partial charge in [-0.15, -0.1) is 0 Å². The van der Waals surface area contributed by atoms with E-state index in [9.17, 15) is 13.2 Å². The number of rotatable bonds is 3. The highest BCUT2D eigenvalue weighted by atomic mass is 32.2. The predicted octanol–water partition coefficient (Wildman–Crippen LogP) is 3.39. The number of hydrogen-bond acceptors (Lipinski definition) is 4. The molecule has 1 fully saturated rings. The third kappa shape index (κ3) is 2.80.